The quantitative estimate of drug-likeness (QED) is 0.167. The average Bonchev–Trinajstić information content (AvgIpc) is 4.07. The first-order chi connectivity index (χ1) is 35.4. The Hall–Kier alpha value is -8.54. The van der Waals surface area contributed by atoms with E-state index >= 15 is 0 Å². The first kappa shape index (κ1) is 44.4. The molecule has 13 rings (SSSR count). The maximum Gasteiger partial charge on any atom is 0.159 e. The van der Waals surface area contributed by atoms with Crippen molar-refractivity contribution in [2.75, 3.05) is 0 Å². The maximum absolute atomic E-state index is 5.19. The summed E-state index contributed by atoms with van der Waals surface area (Å²) in [7, 11) is 0. The highest BCUT2D eigenvalue weighted by Crippen LogP contribution is 2.49. The van der Waals surface area contributed by atoms with Crippen molar-refractivity contribution >= 4 is 65.4 Å². The van der Waals surface area contributed by atoms with Crippen LogP contribution < -0.4 is 0 Å². The van der Waals surface area contributed by atoms with Crippen molar-refractivity contribution in [1.82, 2.24) is 23.7 Å². The van der Waals surface area contributed by atoms with Gasteiger partial charge in [0.05, 0.1) is 38.8 Å². The van der Waals surface area contributed by atoms with Gasteiger partial charge in [0.15, 0.2) is 5.82 Å². The minimum Gasteiger partial charge on any atom is -0.309 e. The Balaban J connectivity index is 1.22. The molecular weight excluding hydrogens is 887 g/mol. The molecule has 5 heteroatoms. The molecule has 0 spiro atoms. The van der Waals surface area contributed by atoms with Gasteiger partial charge in [0.2, 0.25) is 0 Å². The number of hydrogen-bond donors (Lipinski definition) is 0. The number of benzene rings is 9. The van der Waals surface area contributed by atoms with E-state index in [2.05, 4.69) is 247 Å². The zero-order valence-corrected chi connectivity index (χ0v) is 43.3. The fourth-order valence-electron chi connectivity index (χ4n) is 12.4. The molecule has 4 aromatic heterocycles. The first-order valence-corrected chi connectivity index (χ1v) is 25.6. The fourth-order valence-corrected chi connectivity index (χ4v) is 12.4. The second-order valence-corrected chi connectivity index (χ2v) is 20.5. The van der Waals surface area contributed by atoms with Crippen LogP contribution in [0.4, 0.5) is 0 Å². The Kier molecular flexibility index (Phi) is 10.0. The summed E-state index contributed by atoms with van der Waals surface area (Å²) in [6.07, 6.45) is 0. The van der Waals surface area contributed by atoms with E-state index in [-0.39, 0.29) is 0 Å². The van der Waals surface area contributed by atoms with Gasteiger partial charge in [-0.1, -0.05) is 97.1 Å². The van der Waals surface area contributed by atoms with E-state index in [1.54, 1.807) is 0 Å². The van der Waals surface area contributed by atoms with E-state index in [9.17, 15) is 0 Å². The standard InChI is InChI=1S/C68H57N5/c1-38-33-39(2)70-68(69-38)50-36-57(48-21-19-23-51(34-48)71-59-29-15-11-25-53(59)54-26-12-16-30-60(54)71)67(73-65-46(9)42(5)40(3)44(7)63(65)64-45(8)41(4)43(6)47(10)66(64)73)58(37-50)49-22-20-24-52(35-49)72-61-31-17-13-27-55(61)56-28-14-18-32-62(56)72/h11-37H,1-10H3. The summed E-state index contributed by atoms with van der Waals surface area (Å²) in [5.41, 5.74) is 28.4. The number of hydrogen-bond acceptors (Lipinski definition) is 2. The van der Waals surface area contributed by atoms with Gasteiger partial charge in [0.25, 0.3) is 0 Å². The number of rotatable bonds is 6. The third kappa shape index (κ3) is 6.54. The highest BCUT2D eigenvalue weighted by atomic mass is 15.0. The smallest absolute Gasteiger partial charge is 0.159 e. The van der Waals surface area contributed by atoms with Crippen LogP contribution >= 0.6 is 0 Å². The van der Waals surface area contributed by atoms with Gasteiger partial charge in [-0.3, -0.25) is 0 Å². The van der Waals surface area contributed by atoms with Gasteiger partial charge in [-0.05, 0) is 192 Å². The molecule has 0 aliphatic rings. The Morgan fingerprint density at radius 1 is 0.301 bits per heavy atom. The van der Waals surface area contributed by atoms with E-state index < -0.39 is 0 Å². The van der Waals surface area contributed by atoms with Gasteiger partial charge in [0, 0.05) is 71.8 Å². The van der Waals surface area contributed by atoms with Crippen LogP contribution in [0.25, 0.3) is 116 Å². The Labute approximate surface area is 426 Å². The molecule has 0 atom stereocenters. The van der Waals surface area contributed by atoms with Crippen molar-refractivity contribution in [1.29, 1.82) is 0 Å². The lowest BCUT2D eigenvalue weighted by atomic mass is 9.90. The van der Waals surface area contributed by atoms with Crippen LogP contribution in [0, 0.1) is 69.2 Å². The van der Waals surface area contributed by atoms with Gasteiger partial charge in [-0.25, -0.2) is 9.97 Å². The van der Waals surface area contributed by atoms with E-state index in [4.69, 9.17) is 9.97 Å². The summed E-state index contributed by atoms with van der Waals surface area (Å²) in [5.74, 6) is 0.711. The highest BCUT2D eigenvalue weighted by Gasteiger charge is 2.29. The molecule has 73 heavy (non-hydrogen) atoms. The third-order valence-corrected chi connectivity index (χ3v) is 16.6. The van der Waals surface area contributed by atoms with Crippen molar-refractivity contribution in [2.45, 2.75) is 69.2 Å². The van der Waals surface area contributed by atoms with E-state index in [0.717, 1.165) is 56.3 Å². The molecule has 0 amide bonds. The predicted octanol–water partition coefficient (Wildman–Crippen LogP) is 17.9. The molecule has 5 nitrogen and oxygen atoms in total. The number of aromatic nitrogens is 5. The van der Waals surface area contributed by atoms with Gasteiger partial charge in [-0.2, -0.15) is 0 Å². The minimum absolute atomic E-state index is 0.711. The summed E-state index contributed by atoms with van der Waals surface area (Å²) < 4.78 is 7.53. The van der Waals surface area contributed by atoms with Crippen LogP contribution in [-0.4, -0.2) is 23.7 Å². The minimum atomic E-state index is 0.711. The van der Waals surface area contributed by atoms with Crippen LogP contribution in [0.2, 0.25) is 0 Å². The summed E-state index contributed by atoms with van der Waals surface area (Å²) in [4.78, 5) is 10.4. The number of aryl methyl sites for hydroxylation is 6. The summed E-state index contributed by atoms with van der Waals surface area (Å²) in [6, 6.07) is 60.3. The molecule has 0 saturated carbocycles. The molecule has 4 heterocycles. The Morgan fingerprint density at radius 2 is 0.658 bits per heavy atom. The Bertz CT molecular complexity index is 4110. The van der Waals surface area contributed by atoms with E-state index in [0.29, 0.717) is 5.82 Å². The molecule has 0 bridgehead atoms. The van der Waals surface area contributed by atoms with Crippen molar-refractivity contribution in [2.24, 2.45) is 0 Å². The highest BCUT2D eigenvalue weighted by molar-refractivity contribution is 6.17. The molecule has 0 aliphatic carbocycles. The van der Waals surface area contributed by atoms with Crippen LogP contribution in [0.1, 0.15) is 55.9 Å². The Morgan fingerprint density at radius 3 is 1.04 bits per heavy atom. The molecule has 0 saturated heterocycles. The van der Waals surface area contributed by atoms with E-state index in [1.807, 2.05) is 0 Å². The van der Waals surface area contributed by atoms with Gasteiger partial charge in [0.1, 0.15) is 0 Å². The lowest BCUT2D eigenvalue weighted by molar-refractivity contribution is 1.06. The molecule has 0 radical (unpaired) electrons. The predicted molar refractivity (Wildman–Crippen MR) is 309 cm³/mol. The van der Waals surface area contributed by atoms with Crippen LogP contribution in [0.15, 0.2) is 164 Å². The van der Waals surface area contributed by atoms with Crippen molar-refractivity contribution in [3.05, 3.63) is 220 Å². The summed E-state index contributed by atoms with van der Waals surface area (Å²) in [6.45, 7) is 22.7. The molecule has 354 valence electrons. The van der Waals surface area contributed by atoms with Crippen molar-refractivity contribution < 1.29 is 0 Å². The third-order valence-electron chi connectivity index (χ3n) is 16.6. The fraction of sp³-hybridized carbons (Fsp3) is 0.147. The molecule has 0 fully saturated rings. The molecule has 13 aromatic rings. The molecular formula is C68H57N5. The number of fused-ring (bicyclic) bond motifs is 9. The maximum atomic E-state index is 5.19. The molecule has 0 N–H and O–H groups in total. The second-order valence-electron chi connectivity index (χ2n) is 20.5. The summed E-state index contributed by atoms with van der Waals surface area (Å²) >= 11 is 0. The largest absolute Gasteiger partial charge is 0.309 e. The first-order valence-electron chi connectivity index (χ1n) is 25.6. The monoisotopic (exact) mass is 943 g/mol. The van der Waals surface area contributed by atoms with Gasteiger partial charge < -0.3 is 13.7 Å². The lowest BCUT2D eigenvalue weighted by Crippen LogP contribution is -2.06. The molecule has 0 aliphatic heterocycles. The normalized spacial score (nSPS) is 12.0. The zero-order chi connectivity index (χ0) is 50.1. The lowest BCUT2D eigenvalue weighted by Gasteiger charge is -2.24. The second kappa shape index (κ2) is 16.5. The average molecular weight is 944 g/mol. The van der Waals surface area contributed by atoms with Crippen LogP contribution in [0.5, 0.6) is 0 Å². The van der Waals surface area contributed by atoms with Crippen molar-refractivity contribution in [3.63, 3.8) is 0 Å². The SMILES string of the molecule is Cc1cc(C)nc(-c2cc(-c3cccc(-n4c5ccccc5c5ccccc54)c3)c(-n3c4c(C)c(C)c(C)c(C)c4c4c(C)c(C)c(C)c(C)c43)c(-c3cccc(-n4c5ccccc5c5ccccc54)c3)c2)n1. The van der Waals surface area contributed by atoms with E-state index in [1.165, 1.54) is 110 Å². The van der Waals surface area contributed by atoms with Gasteiger partial charge >= 0.3 is 0 Å². The van der Waals surface area contributed by atoms with Crippen LogP contribution in [0.3, 0.4) is 0 Å². The van der Waals surface area contributed by atoms with Gasteiger partial charge in [-0.15, -0.1) is 0 Å². The zero-order valence-electron chi connectivity index (χ0n) is 43.3. The number of nitrogens with zero attached hydrogens (tertiary/aromatic N) is 5. The molecule has 9 aromatic carbocycles. The van der Waals surface area contributed by atoms with Crippen LogP contribution in [-0.2, 0) is 0 Å². The number of para-hydroxylation sites is 4. The van der Waals surface area contributed by atoms with Crippen molar-refractivity contribution in [3.8, 4) is 50.7 Å². The summed E-state index contributed by atoms with van der Waals surface area (Å²) in [5, 5.41) is 7.61. The topological polar surface area (TPSA) is 40.6 Å². The molecule has 0 unspecified atom stereocenters.